The van der Waals surface area contributed by atoms with Crippen molar-refractivity contribution in [2.75, 3.05) is 5.32 Å². The molecule has 13 heavy (non-hydrogen) atoms. The van der Waals surface area contributed by atoms with Crippen LogP contribution in [0.25, 0.3) is 0 Å². The largest absolute Gasteiger partial charge is 0.370 e. The molecule has 0 fully saturated rings. The van der Waals surface area contributed by atoms with Gasteiger partial charge in [0.25, 0.3) is 0 Å². The van der Waals surface area contributed by atoms with Crippen LogP contribution in [0.15, 0.2) is 0 Å². The topological polar surface area (TPSA) is 98.7 Å². The van der Waals surface area contributed by atoms with Gasteiger partial charge in [-0.2, -0.15) is 0 Å². The van der Waals surface area contributed by atoms with Gasteiger partial charge in [-0.25, -0.2) is 4.68 Å². The SMILES string of the molecule is CC(CC(N)=O)Nc1nnnn1C. The number of carbonyl (C=O) groups excluding carboxylic acids is 1. The third kappa shape index (κ3) is 2.69. The van der Waals surface area contributed by atoms with Gasteiger partial charge in [0.15, 0.2) is 0 Å². The third-order valence-electron chi connectivity index (χ3n) is 1.50. The van der Waals surface area contributed by atoms with Crippen molar-refractivity contribution >= 4 is 11.9 Å². The first-order chi connectivity index (χ1) is 6.09. The summed E-state index contributed by atoms with van der Waals surface area (Å²) in [6.45, 7) is 1.83. The smallest absolute Gasteiger partial charge is 0.242 e. The Labute approximate surface area is 75.3 Å². The quantitative estimate of drug-likeness (QED) is 0.618. The highest BCUT2D eigenvalue weighted by Gasteiger charge is 2.08. The number of nitrogens with one attached hydrogen (secondary N) is 1. The predicted molar refractivity (Wildman–Crippen MR) is 45.7 cm³/mol. The summed E-state index contributed by atoms with van der Waals surface area (Å²) in [6.07, 6.45) is 0.257. The molecule has 1 aromatic rings. The Balaban J connectivity index is 2.49. The number of anilines is 1. The van der Waals surface area contributed by atoms with Crippen LogP contribution in [0.4, 0.5) is 5.95 Å². The van der Waals surface area contributed by atoms with E-state index in [1.165, 1.54) is 4.68 Å². The summed E-state index contributed by atoms with van der Waals surface area (Å²) in [5, 5.41) is 13.7. The fourth-order valence-electron chi connectivity index (χ4n) is 0.925. The van der Waals surface area contributed by atoms with Crippen LogP contribution in [0.5, 0.6) is 0 Å². The first-order valence-corrected chi connectivity index (χ1v) is 3.87. The maximum Gasteiger partial charge on any atom is 0.242 e. The first kappa shape index (κ1) is 9.43. The Bertz CT molecular complexity index is 295. The van der Waals surface area contributed by atoms with E-state index in [9.17, 15) is 4.79 Å². The van der Waals surface area contributed by atoms with Crippen LogP contribution in [0.2, 0.25) is 0 Å². The lowest BCUT2D eigenvalue weighted by atomic mass is 10.2. The van der Waals surface area contributed by atoms with Gasteiger partial charge < -0.3 is 11.1 Å². The van der Waals surface area contributed by atoms with E-state index >= 15 is 0 Å². The number of amides is 1. The molecule has 1 unspecified atom stereocenters. The molecule has 0 aliphatic rings. The van der Waals surface area contributed by atoms with Crippen molar-refractivity contribution in [3.8, 4) is 0 Å². The van der Waals surface area contributed by atoms with Crippen LogP contribution in [-0.4, -0.2) is 32.2 Å². The van der Waals surface area contributed by atoms with Crippen LogP contribution >= 0.6 is 0 Å². The van der Waals surface area contributed by atoms with E-state index in [2.05, 4.69) is 20.8 Å². The summed E-state index contributed by atoms with van der Waals surface area (Å²) in [7, 11) is 1.71. The van der Waals surface area contributed by atoms with Crippen molar-refractivity contribution in [3.05, 3.63) is 0 Å². The van der Waals surface area contributed by atoms with Crippen LogP contribution in [-0.2, 0) is 11.8 Å². The number of tetrazole rings is 1. The van der Waals surface area contributed by atoms with Gasteiger partial charge in [-0.3, -0.25) is 4.79 Å². The molecule has 1 heterocycles. The van der Waals surface area contributed by atoms with E-state index in [0.717, 1.165) is 0 Å². The maximum atomic E-state index is 10.5. The molecule has 1 atom stereocenters. The number of aryl methyl sites for hydroxylation is 1. The Morgan fingerprint density at radius 2 is 2.46 bits per heavy atom. The summed E-state index contributed by atoms with van der Waals surface area (Å²) in [5.41, 5.74) is 5.02. The first-order valence-electron chi connectivity index (χ1n) is 3.87. The van der Waals surface area contributed by atoms with Crippen LogP contribution in [0.3, 0.4) is 0 Å². The summed E-state index contributed by atoms with van der Waals surface area (Å²) in [5.74, 6) is 0.170. The molecule has 0 saturated heterocycles. The number of hydrogen-bond acceptors (Lipinski definition) is 5. The average molecular weight is 184 g/mol. The van der Waals surface area contributed by atoms with Gasteiger partial charge in [-0.15, -0.1) is 0 Å². The third-order valence-corrected chi connectivity index (χ3v) is 1.50. The molecule has 72 valence electrons. The molecule has 1 aromatic heterocycles. The van der Waals surface area contributed by atoms with Crippen molar-refractivity contribution in [1.82, 2.24) is 20.2 Å². The van der Waals surface area contributed by atoms with Gasteiger partial charge in [-0.1, -0.05) is 5.10 Å². The fourth-order valence-corrected chi connectivity index (χ4v) is 0.925. The molecule has 1 amide bonds. The molecule has 7 nitrogen and oxygen atoms in total. The molecule has 0 aromatic carbocycles. The predicted octanol–water partition coefficient (Wildman–Crippen LogP) is -1.11. The minimum absolute atomic E-state index is 0.0674. The maximum absolute atomic E-state index is 10.5. The molecule has 0 radical (unpaired) electrons. The molecule has 0 bridgehead atoms. The molecule has 0 saturated carbocycles. The number of nitrogens with two attached hydrogens (primary N) is 1. The Morgan fingerprint density at radius 3 is 2.92 bits per heavy atom. The van der Waals surface area contributed by atoms with Gasteiger partial charge in [0.1, 0.15) is 0 Å². The zero-order chi connectivity index (χ0) is 9.84. The highest BCUT2D eigenvalue weighted by atomic mass is 16.1. The summed E-state index contributed by atoms with van der Waals surface area (Å²) < 4.78 is 1.48. The zero-order valence-electron chi connectivity index (χ0n) is 7.56. The summed E-state index contributed by atoms with van der Waals surface area (Å²) in [4.78, 5) is 10.5. The lowest BCUT2D eigenvalue weighted by molar-refractivity contribution is -0.118. The minimum atomic E-state index is -0.352. The average Bonchev–Trinajstić information content (AvgIpc) is 2.34. The summed E-state index contributed by atoms with van der Waals surface area (Å²) in [6, 6.07) is -0.0674. The molecule has 0 spiro atoms. The number of nitrogens with zero attached hydrogens (tertiary/aromatic N) is 4. The van der Waals surface area contributed by atoms with E-state index in [4.69, 9.17) is 5.73 Å². The monoisotopic (exact) mass is 184 g/mol. The Hall–Kier alpha value is -1.66. The molecular formula is C6H12N6O. The van der Waals surface area contributed by atoms with E-state index in [1.807, 2.05) is 6.92 Å². The van der Waals surface area contributed by atoms with E-state index in [1.54, 1.807) is 7.05 Å². The van der Waals surface area contributed by atoms with E-state index < -0.39 is 0 Å². The molecule has 3 N–H and O–H groups in total. The number of hydrogen-bond donors (Lipinski definition) is 2. The van der Waals surface area contributed by atoms with Crippen LogP contribution in [0.1, 0.15) is 13.3 Å². The van der Waals surface area contributed by atoms with Crippen LogP contribution < -0.4 is 11.1 Å². The standard InChI is InChI=1S/C6H12N6O/c1-4(3-5(7)13)8-6-9-10-11-12(6)2/h4H,3H2,1-2H3,(H2,7,13)(H,8,9,11). The highest BCUT2D eigenvalue weighted by molar-refractivity contribution is 5.74. The lowest BCUT2D eigenvalue weighted by Crippen LogP contribution is -2.25. The minimum Gasteiger partial charge on any atom is -0.370 e. The van der Waals surface area contributed by atoms with Gasteiger partial charge in [-0.05, 0) is 17.4 Å². The number of aromatic nitrogens is 4. The molecule has 7 heteroatoms. The molecular weight excluding hydrogens is 172 g/mol. The van der Waals surface area contributed by atoms with Crippen molar-refractivity contribution in [2.24, 2.45) is 12.8 Å². The molecule has 1 rings (SSSR count). The highest BCUT2D eigenvalue weighted by Crippen LogP contribution is 2.01. The van der Waals surface area contributed by atoms with Crippen molar-refractivity contribution in [1.29, 1.82) is 0 Å². The number of carbonyl (C=O) groups is 1. The van der Waals surface area contributed by atoms with Gasteiger partial charge in [0.05, 0.1) is 0 Å². The van der Waals surface area contributed by atoms with Gasteiger partial charge >= 0.3 is 0 Å². The van der Waals surface area contributed by atoms with Crippen molar-refractivity contribution in [3.63, 3.8) is 0 Å². The normalized spacial score (nSPS) is 12.5. The number of primary amides is 1. The number of rotatable bonds is 4. The van der Waals surface area contributed by atoms with E-state index in [0.29, 0.717) is 5.95 Å². The fraction of sp³-hybridized carbons (Fsp3) is 0.667. The van der Waals surface area contributed by atoms with Crippen molar-refractivity contribution < 1.29 is 4.79 Å². The van der Waals surface area contributed by atoms with E-state index in [-0.39, 0.29) is 18.4 Å². The molecule has 0 aliphatic heterocycles. The Morgan fingerprint density at radius 1 is 1.77 bits per heavy atom. The second-order valence-corrected chi connectivity index (χ2v) is 2.84. The second kappa shape index (κ2) is 3.83. The van der Waals surface area contributed by atoms with Gasteiger partial charge in [0, 0.05) is 19.5 Å². The summed E-state index contributed by atoms with van der Waals surface area (Å²) >= 11 is 0. The van der Waals surface area contributed by atoms with Gasteiger partial charge in [0.2, 0.25) is 11.9 Å². The Kier molecular flexibility index (Phi) is 2.78. The van der Waals surface area contributed by atoms with Crippen molar-refractivity contribution in [2.45, 2.75) is 19.4 Å². The second-order valence-electron chi connectivity index (χ2n) is 2.84. The zero-order valence-corrected chi connectivity index (χ0v) is 7.56. The lowest BCUT2D eigenvalue weighted by Gasteiger charge is -2.10. The van der Waals surface area contributed by atoms with Crippen LogP contribution in [0, 0.1) is 0 Å². The molecule has 0 aliphatic carbocycles.